The largest absolute Gasteiger partial charge is 0.490 e. The summed E-state index contributed by atoms with van der Waals surface area (Å²) < 4.78 is 28.6. The van der Waals surface area contributed by atoms with Crippen molar-refractivity contribution in [1.29, 1.82) is 5.26 Å². The molecule has 11 heteroatoms. The van der Waals surface area contributed by atoms with Crippen molar-refractivity contribution >= 4 is 40.8 Å². The van der Waals surface area contributed by atoms with E-state index in [1.807, 2.05) is 13.0 Å². The van der Waals surface area contributed by atoms with Crippen LogP contribution >= 0.6 is 34.8 Å². The number of nitrogens with zero attached hydrogens (tertiary/aromatic N) is 1. The van der Waals surface area contributed by atoms with Crippen LogP contribution in [0.1, 0.15) is 29.5 Å². The molecular formula is C33H25Cl3N2O6. The normalized spacial score (nSPS) is 13.8. The number of allylic oxidation sites excluding steroid dienone is 1. The van der Waals surface area contributed by atoms with E-state index in [-0.39, 0.29) is 30.4 Å². The molecule has 44 heavy (non-hydrogen) atoms. The van der Waals surface area contributed by atoms with Gasteiger partial charge in [-0.3, -0.25) is 0 Å². The summed E-state index contributed by atoms with van der Waals surface area (Å²) in [4.78, 5) is 12.5. The Balaban J connectivity index is 1.38. The first-order valence-electron chi connectivity index (χ1n) is 13.4. The van der Waals surface area contributed by atoms with E-state index in [4.69, 9.17) is 64.2 Å². The number of fused-ring (bicyclic) bond motifs is 1. The van der Waals surface area contributed by atoms with Gasteiger partial charge in [-0.2, -0.15) is 5.26 Å². The highest BCUT2D eigenvalue weighted by Gasteiger charge is 2.32. The maximum Gasteiger partial charge on any atom is 0.349 e. The van der Waals surface area contributed by atoms with E-state index in [0.29, 0.717) is 55.8 Å². The van der Waals surface area contributed by atoms with Gasteiger partial charge in [-0.1, -0.05) is 59.1 Å². The van der Waals surface area contributed by atoms with Crippen LogP contribution in [0.4, 0.5) is 0 Å². The summed E-state index contributed by atoms with van der Waals surface area (Å²) in [5, 5.41) is 11.5. The lowest BCUT2D eigenvalue weighted by molar-refractivity contribution is -0.136. The van der Waals surface area contributed by atoms with Crippen LogP contribution in [-0.4, -0.2) is 19.2 Å². The highest BCUT2D eigenvalue weighted by molar-refractivity contribution is 6.35. The van der Waals surface area contributed by atoms with Crippen molar-refractivity contribution in [3.8, 4) is 34.8 Å². The van der Waals surface area contributed by atoms with Crippen molar-refractivity contribution in [2.45, 2.75) is 19.4 Å². The van der Waals surface area contributed by atoms with E-state index in [0.717, 1.165) is 5.56 Å². The van der Waals surface area contributed by atoms with Crippen LogP contribution in [0.5, 0.6) is 28.7 Å². The molecule has 0 radical (unpaired) electrons. The molecule has 0 aliphatic carbocycles. The average Bonchev–Trinajstić information content (AvgIpc) is 2.99. The van der Waals surface area contributed by atoms with Gasteiger partial charge in [0.25, 0.3) is 0 Å². The molecule has 1 heterocycles. The quantitative estimate of drug-likeness (QED) is 0.136. The second kappa shape index (κ2) is 13.8. The van der Waals surface area contributed by atoms with Crippen LogP contribution in [0.2, 0.25) is 15.1 Å². The summed E-state index contributed by atoms with van der Waals surface area (Å²) in [6.45, 7) is 2.10. The molecule has 2 N–H and O–H groups in total. The highest BCUT2D eigenvalue weighted by Crippen LogP contribution is 2.45. The molecule has 0 fully saturated rings. The molecule has 0 saturated carbocycles. The number of halogens is 3. The summed E-state index contributed by atoms with van der Waals surface area (Å²) in [6, 6.07) is 24.3. The van der Waals surface area contributed by atoms with E-state index in [2.05, 4.69) is 6.07 Å². The van der Waals surface area contributed by atoms with Gasteiger partial charge < -0.3 is 29.4 Å². The Hall–Kier alpha value is -4.55. The van der Waals surface area contributed by atoms with E-state index >= 15 is 0 Å². The monoisotopic (exact) mass is 650 g/mol. The second-order valence-corrected chi connectivity index (χ2v) is 10.8. The Morgan fingerprint density at radius 1 is 0.909 bits per heavy atom. The van der Waals surface area contributed by atoms with Crippen molar-refractivity contribution in [1.82, 2.24) is 0 Å². The lowest BCUT2D eigenvalue weighted by Gasteiger charge is -2.27. The first-order valence-corrected chi connectivity index (χ1v) is 14.5. The van der Waals surface area contributed by atoms with Crippen LogP contribution in [0, 0.1) is 11.3 Å². The summed E-state index contributed by atoms with van der Waals surface area (Å²) in [5.74, 6) is 0.682. The standard InChI is InChI=1S/C33H25Cl3N2O6/c1-2-40-30-12-19(7-11-28(30)42-17-20-6-8-22(35)14-27(20)36)32-25-10-9-24(15-29(25)44-33(38)26(32)16-37)43-31(39)18-41-23-5-3-4-21(34)13-23/h3-15,32H,2,17-18,38H2,1H3. The molecule has 224 valence electrons. The molecule has 1 unspecified atom stereocenters. The molecule has 8 nitrogen and oxygen atoms in total. The van der Waals surface area contributed by atoms with Gasteiger partial charge >= 0.3 is 5.97 Å². The van der Waals surface area contributed by atoms with Gasteiger partial charge in [0.2, 0.25) is 5.88 Å². The van der Waals surface area contributed by atoms with Gasteiger partial charge in [0.1, 0.15) is 35.5 Å². The average molecular weight is 652 g/mol. The Morgan fingerprint density at radius 3 is 2.48 bits per heavy atom. The van der Waals surface area contributed by atoms with Crippen LogP contribution < -0.4 is 29.4 Å². The van der Waals surface area contributed by atoms with E-state index < -0.39 is 11.9 Å². The van der Waals surface area contributed by atoms with Gasteiger partial charge in [0.15, 0.2) is 18.1 Å². The van der Waals surface area contributed by atoms with Crippen LogP contribution in [0.15, 0.2) is 90.3 Å². The number of nitrogens with two attached hydrogens (primary N) is 1. The third-order valence-corrected chi connectivity index (χ3v) is 7.40. The fourth-order valence-electron chi connectivity index (χ4n) is 4.59. The van der Waals surface area contributed by atoms with Gasteiger partial charge in [0, 0.05) is 32.3 Å². The number of ether oxygens (including phenoxy) is 5. The van der Waals surface area contributed by atoms with Crippen molar-refractivity contribution < 1.29 is 28.5 Å². The summed E-state index contributed by atoms with van der Waals surface area (Å²) in [6.07, 6.45) is 0. The number of esters is 1. The summed E-state index contributed by atoms with van der Waals surface area (Å²) in [5.41, 5.74) is 8.54. The molecule has 1 aliphatic rings. The number of rotatable bonds is 10. The predicted octanol–water partition coefficient (Wildman–Crippen LogP) is 7.83. The molecule has 4 aromatic rings. The minimum atomic E-state index is -0.629. The molecule has 0 saturated heterocycles. The lowest BCUT2D eigenvalue weighted by Crippen LogP contribution is -2.22. The SMILES string of the molecule is CCOc1cc(C2C(C#N)=C(N)Oc3cc(OC(=O)COc4cccc(Cl)c4)ccc32)ccc1OCc1ccc(Cl)cc1Cl. The summed E-state index contributed by atoms with van der Waals surface area (Å²) in [7, 11) is 0. The van der Waals surface area contributed by atoms with Crippen LogP contribution in [-0.2, 0) is 11.4 Å². The molecule has 0 amide bonds. The Bertz CT molecular complexity index is 1790. The predicted molar refractivity (Wildman–Crippen MR) is 167 cm³/mol. The second-order valence-electron chi connectivity index (χ2n) is 9.51. The van der Waals surface area contributed by atoms with Crippen molar-refractivity contribution in [3.63, 3.8) is 0 Å². The number of hydrogen-bond donors (Lipinski definition) is 1. The molecule has 1 atom stereocenters. The minimum Gasteiger partial charge on any atom is -0.490 e. The topological polar surface area (TPSA) is 113 Å². The highest BCUT2D eigenvalue weighted by atomic mass is 35.5. The number of carbonyl (C=O) groups is 1. The first kappa shape index (κ1) is 30.9. The zero-order valence-corrected chi connectivity index (χ0v) is 25.6. The Labute approximate surface area is 269 Å². The maximum atomic E-state index is 12.5. The van der Waals surface area contributed by atoms with E-state index in [9.17, 15) is 10.1 Å². The number of benzene rings is 4. The Kier molecular flexibility index (Phi) is 9.71. The smallest absolute Gasteiger partial charge is 0.349 e. The third kappa shape index (κ3) is 7.14. The van der Waals surface area contributed by atoms with Crippen LogP contribution in [0.25, 0.3) is 0 Å². The summed E-state index contributed by atoms with van der Waals surface area (Å²) >= 11 is 18.3. The zero-order valence-electron chi connectivity index (χ0n) is 23.3. The fraction of sp³-hybridized carbons (Fsp3) is 0.152. The van der Waals surface area contributed by atoms with E-state index in [1.165, 1.54) is 6.07 Å². The number of hydrogen-bond acceptors (Lipinski definition) is 8. The van der Waals surface area contributed by atoms with Gasteiger partial charge in [-0.05, 0) is 61.0 Å². The fourth-order valence-corrected chi connectivity index (χ4v) is 5.23. The zero-order chi connectivity index (χ0) is 31.2. The molecule has 4 aromatic carbocycles. The van der Waals surface area contributed by atoms with Gasteiger partial charge in [-0.25, -0.2) is 4.79 Å². The van der Waals surface area contributed by atoms with Crippen molar-refractivity contribution in [3.05, 3.63) is 122 Å². The number of carbonyl (C=O) groups excluding carboxylic acids is 1. The van der Waals surface area contributed by atoms with Gasteiger partial charge in [0.05, 0.1) is 12.5 Å². The molecule has 5 rings (SSSR count). The molecule has 0 aromatic heterocycles. The number of nitriles is 1. The maximum absolute atomic E-state index is 12.5. The van der Waals surface area contributed by atoms with E-state index in [1.54, 1.807) is 66.7 Å². The molecule has 0 spiro atoms. The Morgan fingerprint density at radius 2 is 1.73 bits per heavy atom. The lowest BCUT2D eigenvalue weighted by atomic mass is 9.83. The molecular weight excluding hydrogens is 627 g/mol. The van der Waals surface area contributed by atoms with Crippen molar-refractivity contribution in [2.75, 3.05) is 13.2 Å². The molecule has 1 aliphatic heterocycles. The molecule has 0 bridgehead atoms. The third-order valence-electron chi connectivity index (χ3n) is 6.57. The minimum absolute atomic E-state index is 0.0616. The van der Waals surface area contributed by atoms with Crippen molar-refractivity contribution in [2.24, 2.45) is 5.73 Å². The van der Waals surface area contributed by atoms with Gasteiger partial charge in [-0.15, -0.1) is 0 Å². The van der Waals surface area contributed by atoms with Crippen LogP contribution in [0.3, 0.4) is 0 Å². The first-order chi connectivity index (χ1) is 21.2.